The van der Waals surface area contributed by atoms with E-state index in [1.54, 1.807) is 0 Å². The zero-order valence-electron chi connectivity index (χ0n) is 8.84. The first-order chi connectivity index (χ1) is 5.75. The number of hydrogen-bond acceptors (Lipinski definition) is 0. The maximum atomic E-state index is 2.57. The van der Waals surface area contributed by atoms with Gasteiger partial charge in [-0.25, -0.2) is 0 Å². The number of rotatable bonds is 3. The lowest BCUT2D eigenvalue weighted by Crippen LogP contribution is -2.23. The molecule has 0 nitrogen and oxygen atoms in total. The van der Waals surface area contributed by atoms with Gasteiger partial charge in [0, 0.05) is 0 Å². The van der Waals surface area contributed by atoms with Gasteiger partial charge in [0.25, 0.3) is 0 Å². The monoisotopic (exact) mass is 165 g/mol. The van der Waals surface area contributed by atoms with Crippen molar-refractivity contribution in [1.29, 1.82) is 0 Å². The van der Waals surface area contributed by atoms with Crippen molar-refractivity contribution >= 4 is 7.28 Å². The largest absolute Gasteiger partial charge is 0.113 e. The van der Waals surface area contributed by atoms with Gasteiger partial charge in [0.05, 0.1) is 0 Å². The minimum absolute atomic E-state index is 0.925. The Morgan fingerprint density at radius 2 is 2.00 bits per heavy atom. The minimum Gasteiger partial charge on any atom is -0.0802 e. The molecule has 69 valence electrons. The molecule has 0 aromatic carbocycles. The van der Waals surface area contributed by atoms with Crippen LogP contribution in [0.1, 0.15) is 46.5 Å². The SMILES string of the molecule is CCC[B][C@@H]1CCCC(C)C1C. The van der Waals surface area contributed by atoms with Crippen LogP contribution in [-0.2, 0) is 0 Å². The molecule has 0 heterocycles. The zero-order valence-corrected chi connectivity index (χ0v) is 8.84. The molecule has 1 heteroatoms. The highest BCUT2D eigenvalue weighted by molar-refractivity contribution is 6.37. The van der Waals surface area contributed by atoms with E-state index in [-0.39, 0.29) is 0 Å². The maximum absolute atomic E-state index is 2.57. The van der Waals surface area contributed by atoms with E-state index in [2.05, 4.69) is 28.1 Å². The van der Waals surface area contributed by atoms with Crippen molar-refractivity contribution in [2.45, 2.75) is 58.6 Å². The molecule has 12 heavy (non-hydrogen) atoms. The molecule has 1 saturated carbocycles. The molecule has 1 aliphatic carbocycles. The molecule has 2 unspecified atom stereocenters. The van der Waals surface area contributed by atoms with Gasteiger partial charge >= 0.3 is 0 Å². The molecule has 0 bridgehead atoms. The van der Waals surface area contributed by atoms with Gasteiger partial charge in [-0.05, 0) is 11.8 Å². The Morgan fingerprint density at radius 1 is 1.25 bits per heavy atom. The van der Waals surface area contributed by atoms with Crippen LogP contribution in [0.15, 0.2) is 0 Å². The highest BCUT2D eigenvalue weighted by atomic mass is 14.3. The standard InChI is InChI=1S/C11H22B/c1-4-8-12-11-7-5-6-9(2)10(11)3/h9-11H,4-8H2,1-3H3/t9?,10?,11-/m1/s1. The van der Waals surface area contributed by atoms with Crippen LogP contribution in [0.5, 0.6) is 0 Å². The average Bonchev–Trinajstić information content (AvgIpc) is 2.08. The van der Waals surface area contributed by atoms with Crippen LogP contribution in [0.4, 0.5) is 0 Å². The summed E-state index contributed by atoms with van der Waals surface area (Å²) in [5, 5.41) is 0. The van der Waals surface area contributed by atoms with Gasteiger partial charge in [-0.2, -0.15) is 0 Å². The van der Waals surface area contributed by atoms with E-state index in [0.717, 1.165) is 17.7 Å². The highest BCUT2D eigenvalue weighted by Gasteiger charge is 2.26. The summed E-state index contributed by atoms with van der Waals surface area (Å²) in [5.74, 6) is 2.82. The third-order valence-electron chi connectivity index (χ3n) is 3.53. The quantitative estimate of drug-likeness (QED) is 0.558. The molecular formula is C11H22B. The van der Waals surface area contributed by atoms with Crippen molar-refractivity contribution in [1.82, 2.24) is 0 Å². The van der Waals surface area contributed by atoms with E-state index in [0.29, 0.717) is 0 Å². The number of hydrogen-bond donors (Lipinski definition) is 0. The molecule has 0 aromatic heterocycles. The minimum atomic E-state index is 0.925. The van der Waals surface area contributed by atoms with Crippen molar-refractivity contribution in [2.24, 2.45) is 11.8 Å². The van der Waals surface area contributed by atoms with Crippen LogP contribution in [-0.4, -0.2) is 7.28 Å². The summed E-state index contributed by atoms with van der Waals surface area (Å²) < 4.78 is 0. The Hall–Kier alpha value is 0.0649. The van der Waals surface area contributed by atoms with Crippen molar-refractivity contribution in [3.8, 4) is 0 Å². The van der Waals surface area contributed by atoms with Gasteiger partial charge in [-0.1, -0.05) is 58.6 Å². The molecule has 0 aliphatic heterocycles. The Bertz CT molecular complexity index is 122. The second-order valence-electron chi connectivity index (χ2n) is 4.46. The Morgan fingerprint density at radius 3 is 2.67 bits per heavy atom. The van der Waals surface area contributed by atoms with E-state index in [1.807, 2.05) is 0 Å². The van der Waals surface area contributed by atoms with E-state index < -0.39 is 0 Å². The van der Waals surface area contributed by atoms with Crippen molar-refractivity contribution in [3.63, 3.8) is 0 Å². The fourth-order valence-corrected chi connectivity index (χ4v) is 2.34. The Labute approximate surface area is 78.4 Å². The fraction of sp³-hybridized carbons (Fsp3) is 1.00. The summed E-state index contributed by atoms with van der Waals surface area (Å²) in [6.45, 7) is 7.12. The molecule has 0 N–H and O–H groups in total. The van der Waals surface area contributed by atoms with E-state index in [9.17, 15) is 0 Å². The lowest BCUT2D eigenvalue weighted by molar-refractivity contribution is 0.276. The molecule has 3 atom stereocenters. The molecule has 0 spiro atoms. The summed E-state index contributed by atoms with van der Waals surface area (Å²) in [7, 11) is 2.57. The normalized spacial score (nSPS) is 36.4. The molecule has 0 aromatic rings. The average molecular weight is 165 g/mol. The van der Waals surface area contributed by atoms with Crippen LogP contribution >= 0.6 is 0 Å². The third-order valence-corrected chi connectivity index (χ3v) is 3.53. The lowest BCUT2D eigenvalue weighted by Gasteiger charge is -2.34. The van der Waals surface area contributed by atoms with Gasteiger partial charge in [0.1, 0.15) is 7.28 Å². The molecule has 1 fully saturated rings. The third kappa shape index (κ3) is 2.53. The van der Waals surface area contributed by atoms with E-state index >= 15 is 0 Å². The first kappa shape index (κ1) is 10.1. The predicted molar refractivity (Wildman–Crippen MR) is 56.8 cm³/mol. The zero-order chi connectivity index (χ0) is 8.97. The van der Waals surface area contributed by atoms with Crippen LogP contribution in [0.25, 0.3) is 0 Å². The van der Waals surface area contributed by atoms with Gasteiger partial charge in [0.2, 0.25) is 0 Å². The van der Waals surface area contributed by atoms with Crippen molar-refractivity contribution in [2.75, 3.05) is 0 Å². The van der Waals surface area contributed by atoms with Gasteiger partial charge in [-0.15, -0.1) is 0 Å². The van der Waals surface area contributed by atoms with Gasteiger partial charge < -0.3 is 0 Å². The Balaban J connectivity index is 2.30. The van der Waals surface area contributed by atoms with Crippen LogP contribution in [0.2, 0.25) is 12.1 Å². The fourth-order valence-electron chi connectivity index (χ4n) is 2.34. The molecule has 0 amide bonds. The maximum Gasteiger partial charge on any atom is 0.113 e. The van der Waals surface area contributed by atoms with Crippen LogP contribution in [0.3, 0.4) is 0 Å². The molecule has 1 radical (unpaired) electrons. The summed E-state index contributed by atoms with van der Waals surface area (Å²) in [5.41, 5.74) is 0. The first-order valence-electron chi connectivity index (χ1n) is 5.59. The summed E-state index contributed by atoms with van der Waals surface area (Å²) in [4.78, 5) is 0. The van der Waals surface area contributed by atoms with Crippen molar-refractivity contribution < 1.29 is 0 Å². The molecular weight excluding hydrogens is 143 g/mol. The van der Waals surface area contributed by atoms with Crippen LogP contribution < -0.4 is 0 Å². The van der Waals surface area contributed by atoms with E-state index in [1.165, 1.54) is 32.0 Å². The van der Waals surface area contributed by atoms with E-state index in [4.69, 9.17) is 0 Å². The summed E-state index contributed by atoms with van der Waals surface area (Å²) in [6.07, 6.45) is 7.00. The molecule has 0 saturated heterocycles. The van der Waals surface area contributed by atoms with Gasteiger partial charge in [0.15, 0.2) is 0 Å². The second-order valence-corrected chi connectivity index (χ2v) is 4.46. The Kier molecular flexibility index (Phi) is 4.18. The summed E-state index contributed by atoms with van der Waals surface area (Å²) >= 11 is 0. The summed E-state index contributed by atoms with van der Waals surface area (Å²) in [6, 6.07) is 0. The second kappa shape index (κ2) is 4.94. The smallest absolute Gasteiger partial charge is 0.0802 e. The van der Waals surface area contributed by atoms with Crippen molar-refractivity contribution in [3.05, 3.63) is 0 Å². The molecule has 1 rings (SSSR count). The highest BCUT2D eigenvalue weighted by Crippen LogP contribution is 2.38. The lowest BCUT2D eigenvalue weighted by atomic mass is 9.51. The molecule has 1 aliphatic rings. The van der Waals surface area contributed by atoms with Crippen LogP contribution in [0, 0.1) is 11.8 Å². The first-order valence-corrected chi connectivity index (χ1v) is 5.59. The van der Waals surface area contributed by atoms with Gasteiger partial charge in [-0.3, -0.25) is 0 Å². The topological polar surface area (TPSA) is 0 Å². The predicted octanol–water partition coefficient (Wildman–Crippen LogP) is 3.76.